The zero-order valence-corrected chi connectivity index (χ0v) is 11.6. The van der Waals surface area contributed by atoms with E-state index >= 15 is 0 Å². The van der Waals surface area contributed by atoms with Crippen molar-refractivity contribution in [2.75, 3.05) is 0 Å². The van der Waals surface area contributed by atoms with Crippen molar-refractivity contribution in [3.8, 4) is 17.4 Å². The van der Waals surface area contributed by atoms with Crippen LogP contribution in [0.3, 0.4) is 0 Å². The third-order valence-corrected chi connectivity index (χ3v) is 3.34. The summed E-state index contributed by atoms with van der Waals surface area (Å²) in [6.45, 7) is 0. The predicted molar refractivity (Wildman–Crippen MR) is 76.9 cm³/mol. The minimum Gasteiger partial charge on any atom is -0.457 e. The van der Waals surface area contributed by atoms with Gasteiger partial charge in [0.15, 0.2) is 0 Å². The minimum absolute atomic E-state index is 0.192. The first kappa shape index (κ1) is 14.2. The predicted octanol–water partition coefficient (Wildman–Crippen LogP) is 3.65. The molecule has 1 amide bonds. The van der Waals surface area contributed by atoms with E-state index in [2.05, 4.69) is 0 Å². The normalized spacial score (nSPS) is 11.2. The van der Waals surface area contributed by atoms with Crippen LogP contribution in [0.5, 0.6) is 0 Å². The molecule has 100 valence electrons. The van der Waals surface area contributed by atoms with Crippen LogP contribution in [0.25, 0.3) is 17.4 Å². The highest BCUT2D eigenvalue weighted by Gasteiger charge is 2.11. The maximum atomic E-state index is 11.0. The minimum atomic E-state index is -0.814. The molecular weight excluding hydrogens is 299 g/mol. The Hall–Kier alpha value is -2.22. The molecule has 0 atom stereocenters. The highest BCUT2D eigenvalue weighted by molar-refractivity contribution is 6.43. The van der Waals surface area contributed by atoms with Crippen LogP contribution >= 0.6 is 23.2 Å². The summed E-state index contributed by atoms with van der Waals surface area (Å²) in [4.78, 5) is 11.0. The zero-order chi connectivity index (χ0) is 14.7. The van der Waals surface area contributed by atoms with E-state index in [0.717, 1.165) is 0 Å². The molecule has 0 aliphatic heterocycles. The van der Waals surface area contributed by atoms with Gasteiger partial charge >= 0.3 is 0 Å². The Balaban J connectivity index is 2.42. The van der Waals surface area contributed by atoms with Crippen molar-refractivity contribution < 1.29 is 9.21 Å². The van der Waals surface area contributed by atoms with E-state index in [0.29, 0.717) is 27.1 Å². The van der Waals surface area contributed by atoms with Gasteiger partial charge in [-0.05, 0) is 24.3 Å². The van der Waals surface area contributed by atoms with Gasteiger partial charge < -0.3 is 10.2 Å². The van der Waals surface area contributed by atoms with E-state index in [9.17, 15) is 4.79 Å². The molecule has 0 unspecified atom stereocenters. The van der Waals surface area contributed by atoms with Gasteiger partial charge in [0.05, 0.1) is 10.0 Å². The standard InChI is InChI=1S/C14H8Cl2N2O2/c15-11-3-1-2-10(13(11)16)12-5-4-9(20-12)6-8(7-17)14(18)19/h1-6H,(H2,18,19)/b8-6+. The molecule has 1 heterocycles. The Bertz CT molecular complexity index is 742. The summed E-state index contributed by atoms with van der Waals surface area (Å²) in [5.41, 5.74) is 5.48. The molecule has 1 aromatic carbocycles. The van der Waals surface area contributed by atoms with Gasteiger partial charge in [0.2, 0.25) is 0 Å². The number of rotatable bonds is 3. The van der Waals surface area contributed by atoms with E-state index in [-0.39, 0.29) is 5.57 Å². The summed E-state index contributed by atoms with van der Waals surface area (Å²) in [6, 6.07) is 10.1. The number of carbonyl (C=O) groups excluding carboxylic acids is 1. The third-order valence-electron chi connectivity index (χ3n) is 2.52. The molecule has 0 radical (unpaired) electrons. The van der Waals surface area contributed by atoms with E-state index in [1.165, 1.54) is 6.08 Å². The Morgan fingerprint density at radius 3 is 2.70 bits per heavy atom. The number of nitriles is 1. The molecule has 2 aromatic rings. The van der Waals surface area contributed by atoms with Crippen LogP contribution in [-0.2, 0) is 4.79 Å². The number of halogens is 2. The summed E-state index contributed by atoms with van der Waals surface area (Å²) < 4.78 is 5.51. The SMILES string of the molecule is N#C/C(=C\c1ccc(-c2cccc(Cl)c2Cl)o1)C(N)=O. The van der Waals surface area contributed by atoms with Gasteiger partial charge in [-0.15, -0.1) is 0 Å². The maximum Gasteiger partial charge on any atom is 0.259 e. The van der Waals surface area contributed by atoms with Crippen LogP contribution in [0.4, 0.5) is 0 Å². The van der Waals surface area contributed by atoms with Crippen LogP contribution < -0.4 is 5.73 Å². The highest BCUT2D eigenvalue weighted by atomic mass is 35.5. The molecular formula is C14H8Cl2N2O2. The first-order valence-electron chi connectivity index (χ1n) is 5.48. The lowest BCUT2D eigenvalue weighted by Crippen LogP contribution is -2.12. The average Bonchev–Trinajstić information content (AvgIpc) is 2.87. The molecule has 0 aliphatic carbocycles. The molecule has 20 heavy (non-hydrogen) atoms. The number of nitrogens with two attached hydrogens (primary N) is 1. The van der Waals surface area contributed by atoms with Gasteiger partial charge in [-0.2, -0.15) is 5.26 Å². The fraction of sp³-hybridized carbons (Fsp3) is 0. The fourth-order valence-electron chi connectivity index (χ4n) is 1.57. The number of benzene rings is 1. The van der Waals surface area contributed by atoms with Gasteiger partial charge in [-0.1, -0.05) is 29.3 Å². The Morgan fingerprint density at radius 2 is 2.05 bits per heavy atom. The van der Waals surface area contributed by atoms with Gasteiger partial charge in [0.25, 0.3) is 5.91 Å². The van der Waals surface area contributed by atoms with Crippen molar-refractivity contribution in [1.29, 1.82) is 5.26 Å². The number of carbonyl (C=O) groups is 1. The highest BCUT2D eigenvalue weighted by Crippen LogP contribution is 2.34. The summed E-state index contributed by atoms with van der Waals surface area (Å²) in [5.74, 6) is -0.0110. The molecule has 0 bridgehead atoms. The lowest BCUT2D eigenvalue weighted by atomic mass is 10.2. The number of hydrogen-bond donors (Lipinski definition) is 1. The van der Waals surface area contributed by atoms with Gasteiger partial charge in [0, 0.05) is 11.6 Å². The van der Waals surface area contributed by atoms with Gasteiger partial charge in [-0.3, -0.25) is 4.79 Å². The average molecular weight is 307 g/mol. The van der Waals surface area contributed by atoms with Gasteiger partial charge in [0.1, 0.15) is 23.2 Å². The molecule has 0 saturated carbocycles. The van der Waals surface area contributed by atoms with Crippen LogP contribution in [0.2, 0.25) is 10.0 Å². The second kappa shape index (κ2) is 5.83. The summed E-state index contributed by atoms with van der Waals surface area (Å²) in [6.07, 6.45) is 1.27. The van der Waals surface area contributed by atoms with Crippen LogP contribution in [0.1, 0.15) is 5.76 Å². The molecule has 2 N–H and O–H groups in total. The van der Waals surface area contributed by atoms with Gasteiger partial charge in [-0.25, -0.2) is 0 Å². The number of amides is 1. The molecule has 1 aromatic heterocycles. The summed E-state index contributed by atoms with van der Waals surface area (Å²) in [7, 11) is 0. The van der Waals surface area contributed by atoms with Crippen molar-refractivity contribution in [3.63, 3.8) is 0 Å². The quantitative estimate of drug-likeness (QED) is 0.694. The second-order valence-corrected chi connectivity index (χ2v) is 4.62. The van der Waals surface area contributed by atoms with E-state index in [1.807, 2.05) is 0 Å². The van der Waals surface area contributed by atoms with Crippen molar-refractivity contribution in [2.45, 2.75) is 0 Å². The zero-order valence-electron chi connectivity index (χ0n) is 10.1. The molecule has 0 spiro atoms. The van der Waals surface area contributed by atoms with Crippen molar-refractivity contribution in [1.82, 2.24) is 0 Å². The first-order chi connectivity index (χ1) is 9.52. The van der Waals surface area contributed by atoms with Crippen LogP contribution in [0, 0.1) is 11.3 Å². The van der Waals surface area contributed by atoms with E-state index < -0.39 is 5.91 Å². The topological polar surface area (TPSA) is 80.0 Å². The number of nitrogens with zero attached hydrogens (tertiary/aromatic N) is 1. The smallest absolute Gasteiger partial charge is 0.259 e. The molecule has 0 aliphatic rings. The lowest BCUT2D eigenvalue weighted by molar-refractivity contribution is -0.114. The van der Waals surface area contributed by atoms with Crippen molar-refractivity contribution >= 4 is 35.2 Å². The van der Waals surface area contributed by atoms with E-state index in [1.54, 1.807) is 36.4 Å². The Kier molecular flexibility index (Phi) is 4.14. The third kappa shape index (κ3) is 2.85. The molecule has 6 heteroatoms. The molecule has 4 nitrogen and oxygen atoms in total. The number of furan rings is 1. The molecule has 2 rings (SSSR count). The van der Waals surface area contributed by atoms with Crippen LogP contribution in [-0.4, -0.2) is 5.91 Å². The monoisotopic (exact) mass is 306 g/mol. The first-order valence-corrected chi connectivity index (χ1v) is 6.24. The van der Waals surface area contributed by atoms with Crippen molar-refractivity contribution in [2.24, 2.45) is 5.73 Å². The summed E-state index contributed by atoms with van der Waals surface area (Å²) >= 11 is 12.0. The maximum absolute atomic E-state index is 11.0. The van der Waals surface area contributed by atoms with Crippen molar-refractivity contribution in [3.05, 3.63) is 51.7 Å². The molecule has 0 saturated heterocycles. The Morgan fingerprint density at radius 1 is 1.30 bits per heavy atom. The molecule has 0 fully saturated rings. The lowest BCUT2D eigenvalue weighted by Gasteiger charge is -2.01. The Labute approximate surface area is 125 Å². The number of primary amides is 1. The fourth-order valence-corrected chi connectivity index (χ4v) is 1.96. The largest absolute Gasteiger partial charge is 0.457 e. The van der Waals surface area contributed by atoms with E-state index in [4.69, 9.17) is 38.6 Å². The van der Waals surface area contributed by atoms with Crippen LogP contribution in [0.15, 0.2) is 40.3 Å². The summed E-state index contributed by atoms with van der Waals surface area (Å²) in [5, 5.41) is 9.54. The number of hydrogen-bond acceptors (Lipinski definition) is 3. The second-order valence-electron chi connectivity index (χ2n) is 3.84.